The summed E-state index contributed by atoms with van der Waals surface area (Å²) in [6.45, 7) is 9.82. The molecule has 126 valence electrons. The molecule has 0 aromatic heterocycles. The summed E-state index contributed by atoms with van der Waals surface area (Å²) in [6.07, 6.45) is 13.9. The van der Waals surface area contributed by atoms with Crippen LogP contribution in [0.15, 0.2) is 0 Å². The van der Waals surface area contributed by atoms with E-state index in [1.807, 2.05) is 0 Å². The van der Waals surface area contributed by atoms with Crippen molar-refractivity contribution >= 4 is 0 Å². The highest BCUT2D eigenvalue weighted by molar-refractivity contribution is 4.79. The average Bonchev–Trinajstić information content (AvgIpc) is 2.87. The fourth-order valence-corrected chi connectivity index (χ4v) is 4.10. The van der Waals surface area contributed by atoms with Crippen LogP contribution in [0.1, 0.15) is 91.9 Å². The molecule has 0 spiro atoms. The van der Waals surface area contributed by atoms with Crippen molar-refractivity contribution in [1.29, 1.82) is 0 Å². The molecule has 21 heavy (non-hydrogen) atoms. The summed E-state index contributed by atoms with van der Waals surface area (Å²) in [5.74, 6) is 4.54. The van der Waals surface area contributed by atoms with E-state index in [0.29, 0.717) is 12.5 Å². The Morgan fingerprint density at radius 2 is 1.67 bits per heavy atom. The first-order valence-electron chi connectivity index (χ1n) is 9.63. The van der Waals surface area contributed by atoms with Crippen molar-refractivity contribution in [3.8, 4) is 0 Å². The lowest BCUT2D eigenvalue weighted by atomic mass is 9.86. The highest BCUT2D eigenvalue weighted by Crippen LogP contribution is 2.40. The van der Waals surface area contributed by atoms with E-state index in [0.717, 1.165) is 30.1 Å². The van der Waals surface area contributed by atoms with Crippen molar-refractivity contribution in [2.24, 2.45) is 29.6 Å². The van der Waals surface area contributed by atoms with Crippen LogP contribution in [0.5, 0.6) is 0 Å². The first-order chi connectivity index (χ1) is 10.0. The monoisotopic (exact) mass is 296 g/mol. The van der Waals surface area contributed by atoms with Gasteiger partial charge in [0.2, 0.25) is 0 Å². The summed E-state index contributed by atoms with van der Waals surface area (Å²) in [6, 6.07) is 0. The van der Waals surface area contributed by atoms with E-state index < -0.39 is 0 Å². The molecule has 1 heteroatoms. The van der Waals surface area contributed by atoms with Crippen LogP contribution in [0.25, 0.3) is 0 Å². The lowest BCUT2D eigenvalue weighted by molar-refractivity contribution is 0.254. The highest BCUT2D eigenvalue weighted by atomic mass is 16.3. The number of aliphatic hydroxyl groups is 1. The molecule has 1 aliphatic rings. The van der Waals surface area contributed by atoms with Gasteiger partial charge in [-0.05, 0) is 48.9 Å². The Kier molecular flexibility index (Phi) is 9.64. The SMILES string of the molecule is CC(C)CCC[C@@H](C)[C@H]1CC[C@H](CCC[C@@H](C)CCO)C1. The minimum absolute atomic E-state index is 0.362. The van der Waals surface area contributed by atoms with Crippen LogP contribution >= 0.6 is 0 Å². The number of aliphatic hydroxyl groups excluding tert-OH is 1. The quantitative estimate of drug-likeness (QED) is 0.492. The molecule has 1 saturated carbocycles. The molecule has 0 radical (unpaired) electrons. The standard InChI is InChI=1S/C20H40O/c1-16(2)7-5-9-18(4)20-12-11-19(15-20)10-6-8-17(3)13-14-21/h16-21H,5-15H2,1-4H3/t17-,18-,19+,20+/m1/s1. The third-order valence-electron chi connectivity index (χ3n) is 5.76. The normalized spacial score (nSPS) is 25.4. The third-order valence-corrected chi connectivity index (χ3v) is 5.76. The molecule has 1 nitrogen and oxygen atoms in total. The molecule has 1 fully saturated rings. The molecule has 1 aliphatic carbocycles. The van der Waals surface area contributed by atoms with Gasteiger partial charge in [0.05, 0.1) is 0 Å². The zero-order valence-corrected chi connectivity index (χ0v) is 15.1. The summed E-state index contributed by atoms with van der Waals surface area (Å²) >= 11 is 0. The number of rotatable bonds is 11. The molecular weight excluding hydrogens is 256 g/mol. The fourth-order valence-electron chi connectivity index (χ4n) is 4.10. The van der Waals surface area contributed by atoms with Gasteiger partial charge in [0, 0.05) is 6.61 Å². The van der Waals surface area contributed by atoms with E-state index in [1.165, 1.54) is 57.8 Å². The Balaban J connectivity index is 2.11. The Morgan fingerprint density at radius 1 is 0.905 bits per heavy atom. The number of hydrogen-bond donors (Lipinski definition) is 1. The summed E-state index contributed by atoms with van der Waals surface area (Å²) in [5, 5.41) is 8.95. The van der Waals surface area contributed by atoms with Crippen molar-refractivity contribution < 1.29 is 5.11 Å². The Labute approximate surface area is 133 Å². The molecule has 0 bridgehead atoms. The smallest absolute Gasteiger partial charge is 0.0433 e. The fraction of sp³-hybridized carbons (Fsp3) is 1.00. The molecule has 1 N–H and O–H groups in total. The van der Waals surface area contributed by atoms with E-state index >= 15 is 0 Å². The minimum atomic E-state index is 0.362. The first-order valence-corrected chi connectivity index (χ1v) is 9.63. The lowest BCUT2D eigenvalue weighted by Crippen LogP contribution is -2.09. The molecule has 0 aromatic carbocycles. The van der Waals surface area contributed by atoms with Crippen molar-refractivity contribution in [2.45, 2.75) is 91.9 Å². The van der Waals surface area contributed by atoms with Crippen LogP contribution in [0.4, 0.5) is 0 Å². The maximum Gasteiger partial charge on any atom is 0.0433 e. The van der Waals surface area contributed by atoms with Gasteiger partial charge < -0.3 is 5.11 Å². The summed E-state index contributed by atoms with van der Waals surface area (Å²) in [4.78, 5) is 0. The lowest BCUT2D eigenvalue weighted by Gasteiger charge is -2.20. The van der Waals surface area contributed by atoms with Crippen LogP contribution in [-0.4, -0.2) is 11.7 Å². The third kappa shape index (κ3) is 8.24. The Morgan fingerprint density at radius 3 is 2.33 bits per heavy atom. The molecule has 0 heterocycles. The van der Waals surface area contributed by atoms with Crippen molar-refractivity contribution in [1.82, 2.24) is 0 Å². The summed E-state index contributed by atoms with van der Waals surface area (Å²) in [7, 11) is 0. The molecular formula is C20H40O. The van der Waals surface area contributed by atoms with Gasteiger partial charge in [0.25, 0.3) is 0 Å². The molecule has 4 atom stereocenters. The first kappa shape index (κ1) is 19.0. The van der Waals surface area contributed by atoms with E-state index in [9.17, 15) is 0 Å². The van der Waals surface area contributed by atoms with Gasteiger partial charge >= 0.3 is 0 Å². The Hall–Kier alpha value is -0.0400. The van der Waals surface area contributed by atoms with E-state index in [4.69, 9.17) is 5.11 Å². The highest BCUT2D eigenvalue weighted by Gasteiger charge is 2.28. The molecule has 0 saturated heterocycles. The van der Waals surface area contributed by atoms with Crippen LogP contribution in [0.2, 0.25) is 0 Å². The van der Waals surface area contributed by atoms with E-state index in [-0.39, 0.29) is 0 Å². The van der Waals surface area contributed by atoms with Crippen LogP contribution in [0.3, 0.4) is 0 Å². The topological polar surface area (TPSA) is 20.2 Å². The molecule has 1 rings (SSSR count). The predicted molar refractivity (Wildman–Crippen MR) is 93.4 cm³/mol. The van der Waals surface area contributed by atoms with Crippen LogP contribution in [-0.2, 0) is 0 Å². The molecule has 0 amide bonds. The van der Waals surface area contributed by atoms with Crippen molar-refractivity contribution in [3.63, 3.8) is 0 Å². The molecule has 0 aromatic rings. The second kappa shape index (κ2) is 10.6. The van der Waals surface area contributed by atoms with Gasteiger partial charge in [0.15, 0.2) is 0 Å². The predicted octanol–water partition coefficient (Wildman–Crippen LogP) is 6.05. The van der Waals surface area contributed by atoms with E-state index in [1.54, 1.807) is 0 Å². The second-order valence-corrected chi connectivity index (χ2v) is 8.29. The minimum Gasteiger partial charge on any atom is -0.396 e. The largest absolute Gasteiger partial charge is 0.396 e. The maximum atomic E-state index is 8.95. The van der Waals surface area contributed by atoms with Gasteiger partial charge in [-0.25, -0.2) is 0 Å². The Bertz CT molecular complexity index is 248. The van der Waals surface area contributed by atoms with Gasteiger partial charge in [-0.2, -0.15) is 0 Å². The summed E-state index contributed by atoms with van der Waals surface area (Å²) < 4.78 is 0. The molecule has 0 unspecified atom stereocenters. The van der Waals surface area contributed by atoms with Crippen LogP contribution in [0, 0.1) is 29.6 Å². The van der Waals surface area contributed by atoms with Crippen LogP contribution < -0.4 is 0 Å². The average molecular weight is 297 g/mol. The number of hydrogen-bond acceptors (Lipinski definition) is 1. The zero-order valence-electron chi connectivity index (χ0n) is 15.1. The van der Waals surface area contributed by atoms with E-state index in [2.05, 4.69) is 27.7 Å². The van der Waals surface area contributed by atoms with Gasteiger partial charge in [-0.1, -0.05) is 72.6 Å². The summed E-state index contributed by atoms with van der Waals surface area (Å²) in [5.41, 5.74) is 0. The van der Waals surface area contributed by atoms with Crippen molar-refractivity contribution in [2.75, 3.05) is 6.61 Å². The zero-order chi connectivity index (χ0) is 15.7. The second-order valence-electron chi connectivity index (χ2n) is 8.29. The van der Waals surface area contributed by atoms with Crippen molar-refractivity contribution in [3.05, 3.63) is 0 Å². The van der Waals surface area contributed by atoms with Gasteiger partial charge in [-0.3, -0.25) is 0 Å². The molecule has 0 aliphatic heterocycles. The van der Waals surface area contributed by atoms with Gasteiger partial charge in [0.1, 0.15) is 0 Å². The maximum absolute atomic E-state index is 8.95. The van der Waals surface area contributed by atoms with Gasteiger partial charge in [-0.15, -0.1) is 0 Å².